The molecule has 1 saturated heterocycles. The Morgan fingerprint density at radius 2 is 1.90 bits per heavy atom. The second-order valence-corrected chi connectivity index (χ2v) is 5.39. The van der Waals surface area contributed by atoms with Crippen LogP contribution < -0.4 is 4.74 Å². The average Bonchev–Trinajstić information content (AvgIpc) is 2.72. The van der Waals surface area contributed by atoms with Gasteiger partial charge in [-0.05, 0) is 38.3 Å². The maximum atomic E-state index is 13.9. The monoisotopic (exact) mass is 279 g/mol. The Labute approximate surface area is 119 Å². The third-order valence-electron chi connectivity index (χ3n) is 3.73. The van der Waals surface area contributed by atoms with E-state index < -0.39 is 6.10 Å². The summed E-state index contributed by atoms with van der Waals surface area (Å²) in [5.74, 6) is -0.281. The van der Waals surface area contributed by atoms with Crippen molar-refractivity contribution in [2.75, 3.05) is 13.1 Å². The van der Waals surface area contributed by atoms with Crippen LogP contribution in [0.3, 0.4) is 0 Å². The van der Waals surface area contributed by atoms with E-state index in [0.717, 1.165) is 25.9 Å². The summed E-state index contributed by atoms with van der Waals surface area (Å²) in [6, 6.07) is 4.98. The predicted molar refractivity (Wildman–Crippen MR) is 76.3 cm³/mol. The van der Waals surface area contributed by atoms with Crippen molar-refractivity contribution in [3.05, 3.63) is 29.6 Å². The number of nitrogens with zero attached hydrogens (tertiary/aromatic N) is 1. The zero-order valence-electron chi connectivity index (χ0n) is 12.2. The minimum absolute atomic E-state index is 0.0483. The lowest BCUT2D eigenvalue weighted by Crippen LogP contribution is -2.41. The number of carbonyl (C=O) groups is 1. The lowest BCUT2D eigenvalue weighted by Gasteiger charge is -2.24. The fourth-order valence-electron chi connectivity index (χ4n) is 2.50. The summed E-state index contributed by atoms with van der Waals surface area (Å²) in [5, 5.41) is 0. The number of amides is 1. The van der Waals surface area contributed by atoms with E-state index in [4.69, 9.17) is 4.74 Å². The molecule has 2 rings (SSSR count). The molecular formula is C16H22FNO2. The molecule has 1 fully saturated rings. The average molecular weight is 279 g/mol. The highest BCUT2D eigenvalue weighted by Crippen LogP contribution is 2.21. The molecule has 0 aromatic heterocycles. The van der Waals surface area contributed by atoms with Crippen LogP contribution in [0.15, 0.2) is 18.2 Å². The number of aryl methyl sites for hydroxylation is 1. The van der Waals surface area contributed by atoms with Gasteiger partial charge in [-0.2, -0.15) is 0 Å². The molecule has 1 atom stereocenters. The van der Waals surface area contributed by atoms with Crippen LogP contribution in [0.25, 0.3) is 0 Å². The van der Waals surface area contributed by atoms with E-state index in [1.807, 2.05) is 4.90 Å². The zero-order chi connectivity index (χ0) is 14.5. The summed E-state index contributed by atoms with van der Waals surface area (Å²) in [4.78, 5) is 14.2. The second kappa shape index (κ2) is 6.73. The molecule has 20 heavy (non-hydrogen) atoms. The fourth-order valence-corrected chi connectivity index (χ4v) is 2.50. The van der Waals surface area contributed by atoms with Gasteiger partial charge >= 0.3 is 0 Å². The number of rotatable bonds is 3. The van der Waals surface area contributed by atoms with Gasteiger partial charge in [0.15, 0.2) is 17.7 Å². The van der Waals surface area contributed by atoms with Crippen LogP contribution in [0.5, 0.6) is 5.75 Å². The van der Waals surface area contributed by atoms with Crippen molar-refractivity contribution >= 4 is 5.91 Å². The van der Waals surface area contributed by atoms with Gasteiger partial charge in [0, 0.05) is 13.1 Å². The van der Waals surface area contributed by atoms with Crippen molar-refractivity contribution in [3.8, 4) is 5.75 Å². The summed E-state index contributed by atoms with van der Waals surface area (Å²) >= 11 is 0. The molecule has 1 aliphatic heterocycles. The van der Waals surface area contributed by atoms with Gasteiger partial charge in [-0.3, -0.25) is 4.79 Å². The van der Waals surface area contributed by atoms with Crippen LogP contribution in [0.2, 0.25) is 0 Å². The summed E-state index contributed by atoms with van der Waals surface area (Å²) < 4.78 is 19.4. The van der Waals surface area contributed by atoms with E-state index in [-0.39, 0.29) is 17.5 Å². The van der Waals surface area contributed by atoms with E-state index in [9.17, 15) is 9.18 Å². The summed E-state index contributed by atoms with van der Waals surface area (Å²) in [6.07, 6.45) is 3.77. The van der Waals surface area contributed by atoms with Crippen LogP contribution in [-0.4, -0.2) is 30.0 Å². The number of hydrogen-bond donors (Lipinski definition) is 0. The maximum absolute atomic E-state index is 13.9. The first-order chi connectivity index (χ1) is 9.59. The first-order valence-corrected chi connectivity index (χ1v) is 7.30. The molecule has 1 heterocycles. The fraction of sp³-hybridized carbons (Fsp3) is 0.562. The molecule has 0 N–H and O–H groups in total. The molecule has 1 amide bonds. The minimum Gasteiger partial charge on any atom is -0.478 e. The van der Waals surface area contributed by atoms with Crippen LogP contribution in [0.4, 0.5) is 4.39 Å². The van der Waals surface area contributed by atoms with Crippen molar-refractivity contribution in [2.24, 2.45) is 0 Å². The van der Waals surface area contributed by atoms with Crippen molar-refractivity contribution < 1.29 is 13.9 Å². The highest BCUT2D eigenvalue weighted by atomic mass is 19.1. The molecule has 110 valence electrons. The standard InChI is InChI=1S/C16H22FNO2/c1-12-8-7-9-14(15(12)17)20-13(2)16(19)18-10-5-3-4-6-11-18/h7-9,13H,3-6,10-11H2,1-2H3. The first kappa shape index (κ1) is 14.8. The van der Waals surface area contributed by atoms with Crippen molar-refractivity contribution in [2.45, 2.75) is 45.6 Å². The molecule has 1 aromatic carbocycles. The second-order valence-electron chi connectivity index (χ2n) is 5.39. The summed E-state index contributed by atoms with van der Waals surface area (Å²) in [5.41, 5.74) is 0.525. The number of carbonyl (C=O) groups excluding carboxylic acids is 1. The number of likely N-dealkylation sites (tertiary alicyclic amines) is 1. The Morgan fingerprint density at radius 1 is 1.25 bits per heavy atom. The smallest absolute Gasteiger partial charge is 0.263 e. The normalized spacial score (nSPS) is 17.4. The van der Waals surface area contributed by atoms with Crippen molar-refractivity contribution in [1.29, 1.82) is 0 Å². The van der Waals surface area contributed by atoms with Gasteiger partial charge in [0.25, 0.3) is 5.91 Å². The molecule has 1 aliphatic rings. The molecule has 1 unspecified atom stereocenters. The third kappa shape index (κ3) is 3.50. The molecule has 4 heteroatoms. The predicted octanol–water partition coefficient (Wildman–Crippen LogP) is 3.30. The van der Waals surface area contributed by atoms with Gasteiger partial charge < -0.3 is 9.64 Å². The molecular weight excluding hydrogens is 257 g/mol. The first-order valence-electron chi connectivity index (χ1n) is 7.30. The molecule has 1 aromatic rings. The number of ether oxygens (including phenoxy) is 1. The Balaban J connectivity index is 2.01. The molecule has 0 spiro atoms. The molecule has 3 nitrogen and oxygen atoms in total. The quantitative estimate of drug-likeness (QED) is 0.849. The van der Waals surface area contributed by atoms with Crippen LogP contribution in [0, 0.1) is 12.7 Å². The van der Waals surface area contributed by atoms with Gasteiger partial charge in [0.1, 0.15) is 0 Å². The Morgan fingerprint density at radius 3 is 2.55 bits per heavy atom. The zero-order valence-corrected chi connectivity index (χ0v) is 12.2. The van der Waals surface area contributed by atoms with Crippen LogP contribution in [0.1, 0.15) is 38.2 Å². The van der Waals surface area contributed by atoms with Gasteiger partial charge in [-0.1, -0.05) is 25.0 Å². The van der Waals surface area contributed by atoms with Gasteiger partial charge in [-0.25, -0.2) is 4.39 Å². The maximum Gasteiger partial charge on any atom is 0.263 e. The Bertz CT molecular complexity index is 468. The Kier molecular flexibility index (Phi) is 4.99. The molecule has 0 saturated carbocycles. The van der Waals surface area contributed by atoms with E-state index in [2.05, 4.69) is 0 Å². The summed E-state index contributed by atoms with van der Waals surface area (Å²) in [7, 11) is 0. The largest absolute Gasteiger partial charge is 0.478 e. The van der Waals surface area contributed by atoms with Gasteiger partial charge in [0.2, 0.25) is 0 Å². The van der Waals surface area contributed by atoms with E-state index in [1.165, 1.54) is 12.8 Å². The van der Waals surface area contributed by atoms with Gasteiger partial charge in [-0.15, -0.1) is 0 Å². The van der Waals surface area contributed by atoms with Crippen molar-refractivity contribution in [3.63, 3.8) is 0 Å². The van der Waals surface area contributed by atoms with Crippen LogP contribution >= 0.6 is 0 Å². The summed E-state index contributed by atoms with van der Waals surface area (Å²) in [6.45, 7) is 4.93. The van der Waals surface area contributed by atoms with E-state index in [1.54, 1.807) is 32.0 Å². The SMILES string of the molecule is Cc1cccc(OC(C)C(=O)N2CCCCCC2)c1F. The van der Waals surface area contributed by atoms with Gasteiger partial charge in [0.05, 0.1) is 0 Å². The molecule has 0 bridgehead atoms. The lowest BCUT2D eigenvalue weighted by molar-refractivity contribution is -0.137. The number of halogens is 1. The lowest BCUT2D eigenvalue weighted by atomic mass is 10.2. The highest BCUT2D eigenvalue weighted by Gasteiger charge is 2.23. The van der Waals surface area contributed by atoms with Crippen molar-refractivity contribution in [1.82, 2.24) is 4.90 Å². The van der Waals surface area contributed by atoms with E-state index >= 15 is 0 Å². The topological polar surface area (TPSA) is 29.5 Å². The Hall–Kier alpha value is -1.58. The third-order valence-corrected chi connectivity index (χ3v) is 3.73. The minimum atomic E-state index is -0.649. The molecule has 0 radical (unpaired) electrons. The number of hydrogen-bond acceptors (Lipinski definition) is 2. The number of benzene rings is 1. The van der Waals surface area contributed by atoms with E-state index in [0.29, 0.717) is 5.56 Å². The highest BCUT2D eigenvalue weighted by molar-refractivity contribution is 5.80. The van der Waals surface area contributed by atoms with Crippen LogP contribution in [-0.2, 0) is 4.79 Å². The molecule has 0 aliphatic carbocycles.